The number of nitrogens with one attached hydrogen (secondary N) is 3. The zero-order chi connectivity index (χ0) is 31.8. The molecule has 3 N–H and O–H groups in total. The van der Waals surface area contributed by atoms with Crippen molar-refractivity contribution < 1.29 is 22.7 Å². The largest absolute Gasteiger partial charge is 0.454 e. The van der Waals surface area contributed by atoms with E-state index in [2.05, 4.69) is 36.2 Å². The second-order valence-electron chi connectivity index (χ2n) is 11.6. The van der Waals surface area contributed by atoms with Crippen LogP contribution in [0.5, 0.6) is 11.5 Å². The van der Waals surface area contributed by atoms with Crippen LogP contribution < -0.4 is 20.1 Å². The van der Waals surface area contributed by atoms with Crippen molar-refractivity contribution in [2.75, 3.05) is 30.9 Å². The Kier molecular flexibility index (Phi) is 11.4. The molecule has 240 valence electrons. The van der Waals surface area contributed by atoms with Crippen LogP contribution in [0, 0.1) is 5.92 Å². The molecule has 5 rings (SSSR count). The van der Waals surface area contributed by atoms with E-state index in [0.29, 0.717) is 10.8 Å². The van der Waals surface area contributed by atoms with Gasteiger partial charge in [-0.2, -0.15) is 0 Å². The van der Waals surface area contributed by atoms with E-state index in [0.717, 1.165) is 36.1 Å². The summed E-state index contributed by atoms with van der Waals surface area (Å²) in [5.41, 5.74) is 0.466. The number of carbonyl (C=O) groups excluding carboxylic acids is 2. The lowest BCUT2D eigenvalue weighted by Crippen LogP contribution is -2.43. The average Bonchev–Trinajstić information content (AvgIpc) is 3.56. The predicted octanol–water partition coefficient (Wildman–Crippen LogP) is 6.59. The Morgan fingerprint density at radius 1 is 0.933 bits per heavy atom. The quantitative estimate of drug-likeness (QED) is 0.195. The minimum atomic E-state index is -4.01. The predicted molar refractivity (Wildman–Crippen MR) is 179 cm³/mol. The maximum absolute atomic E-state index is 13.2. The minimum absolute atomic E-state index is 0.0377. The third-order valence-electron chi connectivity index (χ3n) is 8.35. The maximum Gasteiger partial charge on any atom is 0.262 e. The van der Waals surface area contributed by atoms with E-state index < -0.39 is 15.9 Å². The number of likely N-dealkylation sites (tertiary alicyclic amines) is 1. The van der Waals surface area contributed by atoms with Crippen molar-refractivity contribution in [3.05, 3.63) is 81.8 Å². The average molecular weight is 718 g/mol. The molecule has 0 spiro atoms. The second-order valence-corrected chi connectivity index (χ2v) is 14.6. The van der Waals surface area contributed by atoms with Gasteiger partial charge in [0.15, 0.2) is 5.75 Å². The van der Waals surface area contributed by atoms with E-state index in [9.17, 15) is 18.0 Å². The smallest absolute Gasteiger partial charge is 0.262 e. The van der Waals surface area contributed by atoms with E-state index in [-0.39, 0.29) is 40.4 Å². The van der Waals surface area contributed by atoms with Crippen LogP contribution in [0.3, 0.4) is 0 Å². The summed E-state index contributed by atoms with van der Waals surface area (Å²) in [5.74, 6) is 0.673. The Bertz CT molecular complexity index is 1590. The highest BCUT2D eigenvalue weighted by Gasteiger charge is 2.24. The molecule has 2 aliphatic rings. The van der Waals surface area contributed by atoms with Crippen LogP contribution in [0.4, 0.5) is 5.69 Å². The van der Waals surface area contributed by atoms with Gasteiger partial charge < -0.3 is 20.3 Å². The molecule has 1 saturated heterocycles. The molecule has 0 unspecified atom stereocenters. The number of sulfonamides is 1. The minimum Gasteiger partial charge on any atom is -0.454 e. The van der Waals surface area contributed by atoms with Crippen molar-refractivity contribution >= 4 is 55.1 Å². The zero-order valence-corrected chi connectivity index (χ0v) is 28.1. The highest BCUT2D eigenvalue weighted by Crippen LogP contribution is 2.36. The molecule has 2 fully saturated rings. The number of para-hydroxylation sites is 2. The summed E-state index contributed by atoms with van der Waals surface area (Å²) < 4.78 is 35.5. The first-order valence-corrected chi connectivity index (χ1v) is 18.0. The molecular formula is C33H38BrClN4O5S. The summed E-state index contributed by atoms with van der Waals surface area (Å²) in [4.78, 5) is 27.7. The molecule has 0 atom stereocenters. The number of anilines is 1. The molecule has 0 bridgehead atoms. The second kappa shape index (κ2) is 15.4. The first-order valence-electron chi connectivity index (χ1n) is 15.3. The Morgan fingerprint density at radius 2 is 1.64 bits per heavy atom. The first kappa shape index (κ1) is 33.2. The van der Waals surface area contributed by atoms with Gasteiger partial charge in [-0.05, 0) is 125 Å². The number of rotatable bonds is 12. The first-order chi connectivity index (χ1) is 21.7. The summed E-state index contributed by atoms with van der Waals surface area (Å²) in [6.45, 7) is 3.50. The lowest BCUT2D eigenvalue weighted by atomic mass is 9.84. The van der Waals surface area contributed by atoms with Crippen molar-refractivity contribution in [1.29, 1.82) is 0 Å². The number of benzene rings is 3. The Hall–Kier alpha value is -3.12. The fourth-order valence-electron chi connectivity index (χ4n) is 5.81. The SMILES string of the molecule is O=C(CNC(=O)c1ccc(S(=O)(=O)Nc2ccccc2Oc2ccc(Br)cc2Cl)cc1)NC1CCC(CCN2CCCC2)CC1. The molecule has 9 nitrogen and oxygen atoms in total. The Labute approximate surface area is 278 Å². The number of carbonyl (C=O) groups is 2. The zero-order valence-electron chi connectivity index (χ0n) is 24.9. The van der Waals surface area contributed by atoms with Crippen LogP contribution in [0.15, 0.2) is 76.1 Å². The third kappa shape index (κ3) is 9.45. The van der Waals surface area contributed by atoms with Gasteiger partial charge in [0, 0.05) is 16.1 Å². The summed E-state index contributed by atoms with van der Waals surface area (Å²) >= 11 is 9.61. The van der Waals surface area contributed by atoms with Crippen molar-refractivity contribution in [3.63, 3.8) is 0 Å². The fourth-order valence-corrected chi connectivity index (χ4v) is 7.60. The molecule has 1 heterocycles. The summed E-state index contributed by atoms with van der Waals surface area (Å²) in [5, 5.41) is 6.04. The third-order valence-corrected chi connectivity index (χ3v) is 10.5. The molecule has 0 radical (unpaired) electrons. The monoisotopic (exact) mass is 716 g/mol. The molecule has 1 aliphatic carbocycles. The topological polar surface area (TPSA) is 117 Å². The van der Waals surface area contributed by atoms with E-state index in [1.54, 1.807) is 42.5 Å². The van der Waals surface area contributed by atoms with Crippen molar-refractivity contribution in [2.45, 2.75) is 55.9 Å². The lowest BCUT2D eigenvalue weighted by Gasteiger charge is -2.30. The van der Waals surface area contributed by atoms with E-state index >= 15 is 0 Å². The van der Waals surface area contributed by atoms with Gasteiger partial charge in [-0.1, -0.05) is 39.7 Å². The molecule has 3 aromatic rings. The number of halogens is 2. The number of amides is 2. The summed E-state index contributed by atoms with van der Waals surface area (Å²) in [7, 11) is -4.01. The normalized spacial score (nSPS) is 18.7. The highest BCUT2D eigenvalue weighted by molar-refractivity contribution is 9.10. The van der Waals surface area contributed by atoms with Crippen LogP contribution in [0.25, 0.3) is 0 Å². The van der Waals surface area contributed by atoms with Gasteiger partial charge in [-0.15, -0.1) is 0 Å². The summed E-state index contributed by atoms with van der Waals surface area (Å²) in [6, 6.07) is 17.4. The highest BCUT2D eigenvalue weighted by atomic mass is 79.9. The van der Waals surface area contributed by atoms with Crippen LogP contribution >= 0.6 is 27.5 Å². The van der Waals surface area contributed by atoms with Crippen LogP contribution in [0.1, 0.15) is 55.3 Å². The molecular weight excluding hydrogens is 680 g/mol. The Balaban J connectivity index is 1.09. The van der Waals surface area contributed by atoms with Crippen LogP contribution in [0.2, 0.25) is 5.02 Å². The molecule has 1 saturated carbocycles. The van der Waals surface area contributed by atoms with Gasteiger partial charge in [0.25, 0.3) is 15.9 Å². The Morgan fingerprint density at radius 3 is 2.36 bits per heavy atom. The van der Waals surface area contributed by atoms with E-state index in [1.807, 2.05) is 0 Å². The maximum atomic E-state index is 13.2. The number of nitrogens with zero attached hydrogens (tertiary/aromatic N) is 1. The molecule has 1 aliphatic heterocycles. The summed E-state index contributed by atoms with van der Waals surface area (Å²) in [6.07, 6.45) is 8.03. The van der Waals surface area contributed by atoms with E-state index in [1.165, 1.54) is 63.2 Å². The molecule has 12 heteroatoms. The number of hydrogen-bond donors (Lipinski definition) is 3. The van der Waals surface area contributed by atoms with Crippen LogP contribution in [-0.2, 0) is 14.8 Å². The standard InChI is InChI=1S/C33H38BrClN4O5S/c34-25-11-16-30(28(35)21-25)44-31-6-2-1-5-29(31)38-45(42,43)27-14-9-24(10-15-27)33(41)36-22-32(40)37-26-12-7-23(8-13-26)17-20-39-18-3-4-19-39/h1-2,5-6,9-11,14-16,21,23,26,38H,3-4,7-8,12-13,17-20,22H2,(H,36,41)(H,37,40). The van der Waals surface area contributed by atoms with Gasteiger partial charge in [0.1, 0.15) is 5.75 Å². The molecule has 2 amide bonds. The van der Waals surface area contributed by atoms with Gasteiger partial charge in [0.05, 0.1) is 22.2 Å². The van der Waals surface area contributed by atoms with Gasteiger partial charge >= 0.3 is 0 Å². The van der Waals surface area contributed by atoms with Crippen molar-refractivity contribution in [3.8, 4) is 11.5 Å². The van der Waals surface area contributed by atoms with E-state index in [4.69, 9.17) is 16.3 Å². The van der Waals surface area contributed by atoms with Gasteiger partial charge in [-0.25, -0.2) is 8.42 Å². The molecule has 45 heavy (non-hydrogen) atoms. The molecule has 0 aromatic heterocycles. The van der Waals surface area contributed by atoms with Crippen molar-refractivity contribution in [1.82, 2.24) is 15.5 Å². The van der Waals surface area contributed by atoms with Gasteiger partial charge in [-0.3, -0.25) is 14.3 Å². The van der Waals surface area contributed by atoms with Gasteiger partial charge in [0.2, 0.25) is 5.91 Å². The van der Waals surface area contributed by atoms with Crippen LogP contribution in [-0.4, -0.2) is 57.4 Å². The number of ether oxygens (including phenoxy) is 1. The lowest BCUT2D eigenvalue weighted by molar-refractivity contribution is -0.121. The molecule has 3 aromatic carbocycles. The van der Waals surface area contributed by atoms with Crippen molar-refractivity contribution in [2.24, 2.45) is 5.92 Å². The number of hydrogen-bond acceptors (Lipinski definition) is 6. The fraction of sp³-hybridized carbons (Fsp3) is 0.394.